The average molecular weight is 278 g/mol. The maximum atomic E-state index is 6.25. The number of nitrogen functional groups attached to an aromatic ring is 1. The highest BCUT2D eigenvalue weighted by molar-refractivity contribution is 6.33. The molecule has 1 aromatic carbocycles. The van der Waals surface area contributed by atoms with Crippen LogP contribution in [-0.2, 0) is 6.42 Å². The second kappa shape index (κ2) is 6.62. The minimum absolute atomic E-state index is 0.526. The summed E-state index contributed by atoms with van der Waals surface area (Å²) in [7, 11) is 0. The third-order valence-electron chi connectivity index (χ3n) is 3.29. The van der Waals surface area contributed by atoms with E-state index in [1.54, 1.807) is 0 Å². The highest BCUT2D eigenvalue weighted by Crippen LogP contribution is 2.34. The van der Waals surface area contributed by atoms with Gasteiger partial charge < -0.3 is 5.73 Å². The van der Waals surface area contributed by atoms with Gasteiger partial charge in [0.1, 0.15) is 0 Å². The minimum atomic E-state index is 0.526. The molecule has 0 saturated carbocycles. The van der Waals surface area contributed by atoms with Crippen LogP contribution in [0.5, 0.6) is 0 Å². The summed E-state index contributed by atoms with van der Waals surface area (Å²) in [5.41, 5.74) is 8.98. The van der Waals surface area contributed by atoms with E-state index in [2.05, 4.69) is 17.1 Å². The fourth-order valence-electron chi connectivity index (χ4n) is 2.27. The van der Waals surface area contributed by atoms with E-state index >= 15 is 0 Å². The molecule has 102 valence electrons. The lowest BCUT2D eigenvalue weighted by Gasteiger charge is -2.06. The van der Waals surface area contributed by atoms with Gasteiger partial charge in [0.2, 0.25) is 0 Å². The highest BCUT2D eigenvalue weighted by atomic mass is 35.5. The van der Waals surface area contributed by atoms with E-state index in [0.717, 1.165) is 29.7 Å². The number of unbranched alkanes of at least 4 members (excludes halogenated alkanes) is 3. The third kappa shape index (κ3) is 3.29. The summed E-state index contributed by atoms with van der Waals surface area (Å²) in [6, 6.07) is 7.75. The monoisotopic (exact) mass is 277 g/mol. The first-order chi connectivity index (χ1) is 9.24. The first-order valence-corrected chi connectivity index (χ1v) is 7.19. The zero-order valence-electron chi connectivity index (χ0n) is 11.2. The van der Waals surface area contributed by atoms with Gasteiger partial charge in [-0.05, 0) is 18.9 Å². The van der Waals surface area contributed by atoms with Crippen LogP contribution in [0.25, 0.3) is 11.1 Å². The Bertz CT molecular complexity index is 534. The standard InChI is InChI=1S/C15H20ClN3/c1-2-3-4-5-10-13-14(15(17)19-18-13)11-8-6-7-9-12(11)16/h6-9H,2-5,10H2,1H3,(H3,17,18,19). The van der Waals surface area contributed by atoms with Crippen LogP contribution in [0.3, 0.4) is 0 Å². The number of nitrogens with one attached hydrogen (secondary N) is 1. The molecular formula is C15H20ClN3. The Morgan fingerprint density at radius 1 is 1.21 bits per heavy atom. The van der Waals surface area contributed by atoms with Gasteiger partial charge in [-0.1, -0.05) is 56.0 Å². The van der Waals surface area contributed by atoms with Gasteiger partial charge in [0.25, 0.3) is 0 Å². The molecule has 0 amide bonds. The molecule has 3 nitrogen and oxygen atoms in total. The van der Waals surface area contributed by atoms with Crippen molar-refractivity contribution >= 4 is 17.4 Å². The van der Waals surface area contributed by atoms with Crippen molar-refractivity contribution < 1.29 is 0 Å². The van der Waals surface area contributed by atoms with Crippen molar-refractivity contribution in [3.63, 3.8) is 0 Å². The van der Waals surface area contributed by atoms with E-state index in [4.69, 9.17) is 17.3 Å². The Balaban J connectivity index is 2.21. The fourth-order valence-corrected chi connectivity index (χ4v) is 2.50. The molecule has 3 N–H and O–H groups in total. The van der Waals surface area contributed by atoms with E-state index in [-0.39, 0.29) is 0 Å². The number of hydrogen-bond donors (Lipinski definition) is 2. The van der Waals surface area contributed by atoms with Crippen molar-refractivity contribution in [2.24, 2.45) is 0 Å². The third-order valence-corrected chi connectivity index (χ3v) is 3.62. The van der Waals surface area contributed by atoms with E-state index in [1.165, 1.54) is 19.3 Å². The SMILES string of the molecule is CCCCCCc1[nH]nc(N)c1-c1ccccc1Cl. The van der Waals surface area contributed by atoms with E-state index < -0.39 is 0 Å². The molecule has 1 aromatic heterocycles. The molecule has 4 heteroatoms. The summed E-state index contributed by atoms with van der Waals surface area (Å²) >= 11 is 6.25. The summed E-state index contributed by atoms with van der Waals surface area (Å²) in [6.07, 6.45) is 5.85. The topological polar surface area (TPSA) is 54.7 Å². The number of halogens is 1. The maximum absolute atomic E-state index is 6.25. The molecule has 0 spiro atoms. The number of aromatic nitrogens is 2. The summed E-state index contributed by atoms with van der Waals surface area (Å²) in [5.74, 6) is 0.526. The van der Waals surface area contributed by atoms with E-state index in [9.17, 15) is 0 Å². The second-order valence-electron chi connectivity index (χ2n) is 4.75. The Kier molecular flexibility index (Phi) is 4.86. The van der Waals surface area contributed by atoms with Crippen LogP contribution < -0.4 is 5.73 Å². The van der Waals surface area contributed by atoms with Gasteiger partial charge in [0.05, 0.1) is 0 Å². The number of aryl methyl sites for hydroxylation is 1. The van der Waals surface area contributed by atoms with Crippen molar-refractivity contribution in [1.29, 1.82) is 0 Å². The first kappa shape index (κ1) is 13.9. The number of hydrogen-bond acceptors (Lipinski definition) is 2. The molecule has 1 heterocycles. The van der Waals surface area contributed by atoms with Crippen LogP contribution in [0.1, 0.15) is 38.3 Å². The molecule has 19 heavy (non-hydrogen) atoms. The molecule has 2 rings (SSSR count). The number of rotatable bonds is 6. The molecule has 0 unspecified atom stereocenters. The number of anilines is 1. The lowest BCUT2D eigenvalue weighted by Crippen LogP contribution is -1.92. The van der Waals surface area contributed by atoms with Gasteiger partial charge in [-0.2, -0.15) is 5.10 Å². The van der Waals surface area contributed by atoms with E-state index in [0.29, 0.717) is 10.8 Å². The van der Waals surface area contributed by atoms with Crippen LogP contribution >= 0.6 is 11.6 Å². The largest absolute Gasteiger partial charge is 0.382 e. The maximum Gasteiger partial charge on any atom is 0.153 e. The van der Waals surface area contributed by atoms with Crippen LogP contribution in [-0.4, -0.2) is 10.2 Å². The van der Waals surface area contributed by atoms with Crippen molar-refractivity contribution in [3.05, 3.63) is 35.0 Å². The summed E-state index contributed by atoms with van der Waals surface area (Å²) in [6.45, 7) is 2.21. The van der Waals surface area contributed by atoms with Crippen LogP contribution in [0.2, 0.25) is 5.02 Å². The lowest BCUT2D eigenvalue weighted by atomic mass is 10.0. The number of nitrogens with zero attached hydrogens (tertiary/aromatic N) is 1. The predicted molar refractivity (Wildman–Crippen MR) is 81.3 cm³/mol. The predicted octanol–water partition coefficient (Wildman–Crippen LogP) is 4.44. The van der Waals surface area contributed by atoms with Gasteiger partial charge in [0.15, 0.2) is 5.82 Å². The number of benzene rings is 1. The molecular weight excluding hydrogens is 258 g/mol. The van der Waals surface area contributed by atoms with Crippen LogP contribution in [0.15, 0.2) is 24.3 Å². The fraction of sp³-hybridized carbons (Fsp3) is 0.400. The highest BCUT2D eigenvalue weighted by Gasteiger charge is 2.14. The molecule has 0 bridgehead atoms. The summed E-state index contributed by atoms with van der Waals surface area (Å²) < 4.78 is 0. The lowest BCUT2D eigenvalue weighted by molar-refractivity contribution is 0.660. The zero-order chi connectivity index (χ0) is 13.7. The molecule has 0 atom stereocenters. The molecule has 0 fully saturated rings. The van der Waals surface area contributed by atoms with E-state index in [1.807, 2.05) is 24.3 Å². The Hall–Kier alpha value is -1.48. The summed E-state index contributed by atoms with van der Waals surface area (Å²) in [4.78, 5) is 0. The summed E-state index contributed by atoms with van der Waals surface area (Å²) in [5, 5.41) is 7.88. The van der Waals surface area contributed by atoms with Crippen LogP contribution in [0.4, 0.5) is 5.82 Å². The first-order valence-electron chi connectivity index (χ1n) is 6.81. The van der Waals surface area contributed by atoms with Gasteiger partial charge in [-0.3, -0.25) is 5.10 Å². The Morgan fingerprint density at radius 2 is 2.00 bits per heavy atom. The van der Waals surface area contributed by atoms with Gasteiger partial charge >= 0.3 is 0 Å². The van der Waals surface area contributed by atoms with Crippen molar-refractivity contribution in [3.8, 4) is 11.1 Å². The van der Waals surface area contributed by atoms with Crippen LogP contribution in [0, 0.1) is 0 Å². The Morgan fingerprint density at radius 3 is 2.74 bits per heavy atom. The normalized spacial score (nSPS) is 10.8. The Labute approximate surface area is 119 Å². The number of H-pyrrole nitrogens is 1. The second-order valence-corrected chi connectivity index (χ2v) is 5.16. The van der Waals surface area contributed by atoms with Crippen molar-refractivity contribution in [2.75, 3.05) is 5.73 Å². The minimum Gasteiger partial charge on any atom is -0.382 e. The van der Waals surface area contributed by atoms with Gasteiger partial charge in [0, 0.05) is 21.8 Å². The number of aromatic amines is 1. The van der Waals surface area contributed by atoms with Crippen molar-refractivity contribution in [1.82, 2.24) is 10.2 Å². The molecule has 0 aliphatic rings. The van der Waals surface area contributed by atoms with Gasteiger partial charge in [-0.15, -0.1) is 0 Å². The molecule has 0 saturated heterocycles. The molecule has 0 aliphatic carbocycles. The zero-order valence-corrected chi connectivity index (χ0v) is 12.0. The number of nitrogens with two attached hydrogens (primary N) is 1. The smallest absolute Gasteiger partial charge is 0.153 e. The average Bonchev–Trinajstić information content (AvgIpc) is 2.77. The molecule has 0 radical (unpaired) electrons. The van der Waals surface area contributed by atoms with Crippen molar-refractivity contribution in [2.45, 2.75) is 39.0 Å². The van der Waals surface area contributed by atoms with Gasteiger partial charge in [-0.25, -0.2) is 0 Å². The molecule has 0 aliphatic heterocycles. The quantitative estimate of drug-likeness (QED) is 0.767. The molecule has 2 aromatic rings.